The van der Waals surface area contributed by atoms with Gasteiger partial charge in [-0.3, -0.25) is 9.36 Å². The summed E-state index contributed by atoms with van der Waals surface area (Å²) in [5.74, 6) is 1.27. The van der Waals surface area contributed by atoms with Crippen LogP contribution in [-0.4, -0.2) is 20.4 Å². The summed E-state index contributed by atoms with van der Waals surface area (Å²) in [6.07, 6.45) is 3.55. The summed E-state index contributed by atoms with van der Waals surface area (Å²) in [6.45, 7) is 1.87. The average molecular weight is 342 g/mol. The lowest BCUT2D eigenvalue weighted by Gasteiger charge is -2.08. The molecule has 7 heteroatoms. The molecule has 122 valence electrons. The van der Waals surface area contributed by atoms with Crippen molar-refractivity contribution in [1.82, 2.24) is 14.5 Å². The Labute approximate surface area is 142 Å². The molecule has 0 unspecified atom stereocenters. The van der Waals surface area contributed by atoms with Gasteiger partial charge in [-0.05, 0) is 44.0 Å². The summed E-state index contributed by atoms with van der Waals surface area (Å²) in [7, 11) is 0. The smallest absolute Gasteiger partial charge is 0.228 e. The number of rotatable bonds is 4. The number of nitrogens with zero attached hydrogens (tertiary/aromatic N) is 3. The second kappa shape index (κ2) is 5.83. The number of aromatic nitrogens is 3. The Morgan fingerprint density at radius 2 is 2.08 bits per heavy atom. The van der Waals surface area contributed by atoms with E-state index in [1.165, 1.54) is 23.5 Å². The summed E-state index contributed by atoms with van der Waals surface area (Å²) in [6, 6.07) is 6.23. The average Bonchev–Trinajstić information content (AvgIpc) is 3.22. The second-order valence-electron chi connectivity index (χ2n) is 5.81. The number of halogens is 1. The van der Waals surface area contributed by atoms with E-state index in [4.69, 9.17) is 0 Å². The molecule has 3 aromatic rings. The Morgan fingerprint density at radius 1 is 1.33 bits per heavy atom. The molecule has 0 spiro atoms. The quantitative estimate of drug-likeness (QED) is 0.785. The van der Waals surface area contributed by atoms with Crippen LogP contribution in [0.4, 0.5) is 10.2 Å². The van der Waals surface area contributed by atoms with Crippen LogP contribution in [0.3, 0.4) is 0 Å². The van der Waals surface area contributed by atoms with Crippen molar-refractivity contribution in [1.29, 1.82) is 0 Å². The number of thiazole rings is 1. The number of hydrogen-bond acceptors (Lipinski definition) is 4. The third-order valence-electron chi connectivity index (χ3n) is 3.96. The highest BCUT2D eigenvalue weighted by Gasteiger charge is 2.30. The predicted octanol–water partition coefficient (Wildman–Crippen LogP) is 3.79. The van der Waals surface area contributed by atoms with Gasteiger partial charge < -0.3 is 5.32 Å². The summed E-state index contributed by atoms with van der Waals surface area (Å²) >= 11 is 1.45. The predicted molar refractivity (Wildman–Crippen MR) is 90.7 cm³/mol. The number of amides is 1. The molecule has 0 saturated heterocycles. The number of anilines is 1. The highest BCUT2D eigenvalue weighted by atomic mass is 32.1. The van der Waals surface area contributed by atoms with Crippen LogP contribution in [0.1, 0.15) is 18.7 Å². The van der Waals surface area contributed by atoms with Gasteiger partial charge in [0.1, 0.15) is 17.5 Å². The summed E-state index contributed by atoms with van der Waals surface area (Å²) in [5.41, 5.74) is 1.61. The fourth-order valence-corrected chi connectivity index (χ4v) is 3.36. The molecule has 0 atom stereocenters. The van der Waals surface area contributed by atoms with Crippen molar-refractivity contribution in [3.05, 3.63) is 47.5 Å². The number of imidazole rings is 1. The van der Waals surface area contributed by atoms with Crippen LogP contribution in [0.2, 0.25) is 0 Å². The summed E-state index contributed by atoms with van der Waals surface area (Å²) in [5, 5.41) is 5.56. The van der Waals surface area contributed by atoms with Crippen LogP contribution in [0.15, 0.2) is 35.8 Å². The van der Waals surface area contributed by atoms with Crippen molar-refractivity contribution in [3.63, 3.8) is 0 Å². The minimum Gasteiger partial charge on any atom is -0.310 e. The first-order valence-electron chi connectivity index (χ1n) is 7.69. The zero-order valence-corrected chi connectivity index (χ0v) is 13.8. The molecule has 2 aromatic heterocycles. The van der Waals surface area contributed by atoms with E-state index >= 15 is 0 Å². The maximum absolute atomic E-state index is 13.1. The summed E-state index contributed by atoms with van der Waals surface area (Å²) in [4.78, 5) is 20.9. The van der Waals surface area contributed by atoms with Gasteiger partial charge in [0.15, 0.2) is 5.13 Å². The van der Waals surface area contributed by atoms with E-state index in [0.717, 1.165) is 35.1 Å². The van der Waals surface area contributed by atoms with Gasteiger partial charge in [-0.1, -0.05) is 0 Å². The van der Waals surface area contributed by atoms with E-state index in [1.807, 2.05) is 16.9 Å². The zero-order chi connectivity index (χ0) is 16.7. The van der Waals surface area contributed by atoms with Crippen LogP contribution >= 0.6 is 11.3 Å². The molecule has 0 bridgehead atoms. The normalized spacial score (nSPS) is 13.9. The molecule has 5 nitrogen and oxygen atoms in total. The lowest BCUT2D eigenvalue weighted by molar-refractivity contribution is -0.117. The fourth-order valence-electron chi connectivity index (χ4n) is 2.47. The van der Waals surface area contributed by atoms with E-state index in [1.54, 1.807) is 18.3 Å². The Kier molecular flexibility index (Phi) is 3.65. The highest BCUT2D eigenvalue weighted by Crippen LogP contribution is 2.31. The first kappa shape index (κ1) is 15.0. The number of benzene rings is 1. The first-order chi connectivity index (χ1) is 11.6. The Hall–Kier alpha value is -2.54. The van der Waals surface area contributed by atoms with Crippen LogP contribution in [0.5, 0.6) is 0 Å². The molecule has 1 aromatic carbocycles. The van der Waals surface area contributed by atoms with Crippen molar-refractivity contribution >= 4 is 23.1 Å². The second-order valence-corrected chi connectivity index (χ2v) is 6.65. The van der Waals surface area contributed by atoms with E-state index in [0.29, 0.717) is 5.82 Å². The number of carbonyl (C=O) groups is 1. The molecule has 2 heterocycles. The minimum absolute atomic E-state index is 0.0338. The van der Waals surface area contributed by atoms with E-state index in [9.17, 15) is 9.18 Å². The number of aryl methyl sites for hydroxylation is 1. The third kappa shape index (κ3) is 2.82. The maximum atomic E-state index is 13.1. The van der Waals surface area contributed by atoms with Crippen LogP contribution in [0.25, 0.3) is 16.4 Å². The molecule has 1 saturated carbocycles. The molecule has 1 fully saturated rings. The lowest BCUT2D eigenvalue weighted by atomic mass is 10.2. The van der Waals surface area contributed by atoms with Gasteiger partial charge in [0, 0.05) is 16.9 Å². The molecule has 1 aliphatic carbocycles. The Morgan fingerprint density at radius 3 is 2.79 bits per heavy atom. The Balaban J connectivity index is 1.65. The zero-order valence-electron chi connectivity index (χ0n) is 13.0. The SMILES string of the molecule is Cc1ncc(NC(=O)C2CC2)n1-c1nc(-c2ccc(F)cc2)cs1. The van der Waals surface area contributed by atoms with E-state index in [2.05, 4.69) is 15.3 Å². The Bertz CT molecular complexity index is 896. The number of hydrogen-bond donors (Lipinski definition) is 1. The molecule has 24 heavy (non-hydrogen) atoms. The van der Waals surface area contributed by atoms with Crippen molar-refractivity contribution in [2.45, 2.75) is 19.8 Å². The standard InChI is InChI=1S/C17H15FN4OS/c1-10-19-8-15(21-16(23)12-2-3-12)22(10)17-20-14(9-24-17)11-4-6-13(18)7-5-11/h4-9,12H,2-3H2,1H3,(H,21,23). The van der Waals surface area contributed by atoms with Crippen LogP contribution < -0.4 is 5.32 Å². The molecule has 1 aliphatic rings. The van der Waals surface area contributed by atoms with Crippen molar-refractivity contribution in [2.75, 3.05) is 5.32 Å². The topological polar surface area (TPSA) is 59.8 Å². The molecule has 0 aliphatic heterocycles. The van der Waals surface area contributed by atoms with Gasteiger partial charge in [-0.15, -0.1) is 11.3 Å². The van der Waals surface area contributed by atoms with Gasteiger partial charge in [-0.2, -0.15) is 0 Å². The molecular formula is C17H15FN4OS. The van der Waals surface area contributed by atoms with Crippen molar-refractivity contribution in [2.24, 2.45) is 5.92 Å². The number of nitrogens with one attached hydrogen (secondary N) is 1. The van der Waals surface area contributed by atoms with Gasteiger partial charge in [0.25, 0.3) is 0 Å². The molecule has 1 amide bonds. The first-order valence-corrected chi connectivity index (χ1v) is 8.57. The highest BCUT2D eigenvalue weighted by molar-refractivity contribution is 7.12. The maximum Gasteiger partial charge on any atom is 0.228 e. The van der Waals surface area contributed by atoms with E-state index in [-0.39, 0.29) is 17.6 Å². The van der Waals surface area contributed by atoms with Crippen LogP contribution in [0, 0.1) is 18.7 Å². The fraction of sp³-hybridized carbons (Fsp3) is 0.235. The van der Waals surface area contributed by atoms with Crippen molar-refractivity contribution in [3.8, 4) is 16.4 Å². The molecule has 4 rings (SSSR count). The largest absolute Gasteiger partial charge is 0.310 e. The third-order valence-corrected chi connectivity index (χ3v) is 4.79. The van der Waals surface area contributed by atoms with Gasteiger partial charge in [0.05, 0.1) is 11.9 Å². The van der Waals surface area contributed by atoms with Crippen molar-refractivity contribution < 1.29 is 9.18 Å². The lowest BCUT2D eigenvalue weighted by Crippen LogP contribution is -2.16. The molecule has 0 radical (unpaired) electrons. The monoisotopic (exact) mass is 342 g/mol. The van der Waals surface area contributed by atoms with Gasteiger partial charge in [0.2, 0.25) is 5.91 Å². The number of carbonyl (C=O) groups excluding carboxylic acids is 1. The molecule has 1 N–H and O–H groups in total. The van der Waals surface area contributed by atoms with Crippen LogP contribution in [-0.2, 0) is 4.79 Å². The molecular weight excluding hydrogens is 327 g/mol. The van der Waals surface area contributed by atoms with E-state index < -0.39 is 0 Å². The van der Waals surface area contributed by atoms with Gasteiger partial charge >= 0.3 is 0 Å². The summed E-state index contributed by atoms with van der Waals surface area (Å²) < 4.78 is 14.9. The van der Waals surface area contributed by atoms with Gasteiger partial charge in [-0.25, -0.2) is 14.4 Å². The minimum atomic E-state index is -0.273.